The van der Waals surface area contributed by atoms with E-state index >= 15 is 0 Å². The molecule has 0 saturated carbocycles. The molecule has 0 atom stereocenters. The lowest BCUT2D eigenvalue weighted by atomic mass is 9.99. The fourth-order valence-corrected chi connectivity index (χ4v) is 4.43. The molecule has 0 aliphatic carbocycles. The molecule has 0 saturated heterocycles. The Hall–Kier alpha value is -3.11. The van der Waals surface area contributed by atoms with Crippen LogP contribution in [0.3, 0.4) is 0 Å². The third kappa shape index (κ3) is 2.83. The minimum Gasteiger partial charge on any atom is -0.462 e. The number of ether oxygens (including phenoxy) is 1. The second-order valence-corrected chi connectivity index (χ2v) is 7.85. The summed E-state index contributed by atoms with van der Waals surface area (Å²) in [6.07, 6.45) is 2.13. The van der Waals surface area contributed by atoms with E-state index in [2.05, 4.69) is 50.8 Å². The molecule has 2 heterocycles. The van der Waals surface area contributed by atoms with Crippen LogP contribution in [0.5, 0.6) is 0 Å². The monoisotopic (exact) mass is 443 g/mol. The molecule has 0 N–H and O–H groups in total. The van der Waals surface area contributed by atoms with Crippen molar-refractivity contribution in [3.05, 3.63) is 89.0 Å². The van der Waals surface area contributed by atoms with Gasteiger partial charge < -0.3 is 9.14 Å². The number of esters is 1. The van der Waals surface area contributed by atoms with Crippen molar-refractivity contribution in [3.8, 4) is 11.1 Å². The maximum atomic E-state index is 13.0. The van der Waals surface area contributed by atoms with E-state index in [4.69, 9.17) is 4.74 Å². The summed E-state index contributed by atoms with van der Waals surface area (Å²) in [5.74, 6) is -0.289. The molecule has 5 rings (SSSR count). The zero-order chi connectivity index (χ0) is 20.0. The number of pyridine rings is 1. The van der Waals surface area contributed by atoms with Crippen molar-refractivity contribution in [1.82, 2.24) is 4.40 Å². The molecule has 5 aromatic rings. The predicted octanol–water partition coefficient (Wildman–Crippen LogP) is 6.85. The van der Waals surface area contributed by atoms with Crippen LogP contribution in [0.1, 0.15) is 17.3 Å². The van der Waals surface area contributed by atoms with Gasteiger partial charge in [0.25, 0.3) is 0 Å². The molecule has 0 aliphatic heterocycles. The number of carbonyl (C=O) groups is 1. The minimum atomic E-state index is -0.289. The van der Waals surface area contributed by atoms with Gasteiger partial charge in [0.15, 0.2) is 0 Å². The number of halogens is 1. The summed E-state index contributed by atoms with van der Waals surface area (Å²) < 4.78 is 8.55. The fourth-order valence-electron chi connectivity index (χ4n) is 4.06. The van der Waals surface area contributed by atoms with E-state index in [0.717, 1.165) is 42.8 Å². The molecular weight excluding hydrogens is 426 g/mol. The Bertz CT molecular complexity index is 1390. The van der Waals surface area contributed by atoms with Gasteiger partial charge in [-0.3, -0.25) is 0 Å². The molecule has 0 spiro atoms. The van der Waals surface area contributed by atoms with E-state index in [0.29, 0.717) is 12.2 Å². The highest BCUT2D eigenvalue weighted by Crippen LogP contribution is 2.38. The quantitative estimate of drug-likeness (QED) is 0.285. The highest BCUT2D eigenvalue weighted by atomic mass is 79.9. The molecule has 0 unspecified atom stereocenters. The first-order chi connectivity index (χ1) is 14.2. The zero-order valence-electron chi connectivity index (χ0n) is 15.9. The largest absolute Gasteiger partial charge is 0.462 e. The Morgan fingerprint density at radius 2 is 1.69 bits per heavy atom. The lowest BCUT2D eigenvalue weighted by molar-refractivity contribution is 0.0531. The minimum absolute atomic E-state index is 0.289. The normalized spacial score (nSPS) is 11.4. The van der Waals surface area contributed by atoms with Crippen molar-refractivity contribution in [2.75, 3.05) is 6.61 Å². The highest BCUT2D eigenvalue weighted by Gasteiger charge is 2.22. The summed E-state index contributed by atoms with van der Waals surface area (Å²) in [7, 11) is 0. The molecule has 0 fully saturated rings. The fraction of sp³-hybridized carbons (Fsp3) is 0.0800. The van der Waals surface area contributed by atoms with Gasteiger partial charge in [-0.2, -0.15) is 0 Å². The Balaban J connectivity index is 2.01. The Morgan fingerprint density at radius 3 is 2.48 bits per heavy atom. The number of hydrogen-bond donors (Lipinski definition) is 0. The number of aromatic nitrogens is 1. The maximum Gasteiger partial charge on any atom is 0.340 e. The summed E-state index contributed by atoms with van der Waals surface area (Å²) in [5.41, 5.74) is 4.74. The van der Waals surface area contributed by atoms with Gasteiger partial charge in [0.2, 0.25) is 0 Å². The van der Waals surface area contributed by atoms with Crippen LogP contribution < -0.4 is 0 Å². The summed E-state index contributed by atoms with van der Waals surface area (Å²) >= 11 is 3.61. The van der Waals surface area contributed by atoms with Crippen LogP contribution in [0.15, 0.2) is 83.5 Å². The van der Waals surface area contributed by atoms with Gasteiger partial charge in [0, 0.05) is 27.0 Å². The first-order valence-corrected chi connectivity index (χ1v) is 10.4. The standard InChI is InChI=1S/C25H18BrNO2/c1-2-29-25(28)23-19-10-6-7-11-22(19)27-15-21(16-8-4-3-5-9-16)20-14-17(26)12-13-18(20)24(23)27/h3-15H,2H2,1H3. The first kappa shape index (κ1) is 18.0. The van der Waals surface area contributed by atoms with Crippen LogP contribution in [-0.2, 0) is 4.74 Å². The predicted molar refractivity (Wildman–Crippen MR) is 122 cm³/mol. The molecule has 0 aliphatic rings. The van der Waals surface area contributed by atoms with Crippen molar-refractivity contribution < 1.29 is 9.53 Å². The van der Waals surface area contributed by atoms with Crippen molar-refractivity contribution in [3.63, 3.8) is 0 Å². The van der Waals surface area contributed by atoms with Crippen LogP contribution in [0.25, 0.3) is 38.3 Å². The number of fused-ring (bicyclic) bond motifs is 5. The number of hydrogen-bond acceptors (Lipinski definition) is 2. The van der Waals surface area contributed by atoms with Gasteiger partial charge in [0.05, 0.1) is 23.2 Å². The molecule has 0 amide bonds. The average Bonchev–Trinajstić information content (AvgIpc) is 3.08. The SMILES string of the molecule is CCOC(=O)c1c2ccccc2n2cc(-c3ccccc3)c3cc(Br)ccc3c12. The lowest BCUT2D eigenvalue weighted by Crippen LogP contribution is -2.05. The number of carbonyl (C=O) groups excluding carboxylic acids is 1. The molecule has 0 bridgehead atoms. The van der Waals surface area contributed by atoms with Crippen LogP contribution >= 0.6 is 15.9 Å². The van der Waals surface area contributed by atoms with Gasteiger partial charge in [-0.1, -0.05) is 70.5 Å². The third-order valence-electron chi connectivity index (χ3n) is 5.26. The smallest absolute Gasteiger partial charge is 0.340 e. The topological polar surface area (TPSA) is 30.7 Å². The van der Waals surface area contributed by atoms with Crippen molar-refractivity contribution in [2.45, 2.75) is 6.92 Å². The van der Waals surface area contributed by atoms with E-state index in [9.17, 15) is 4.79 Å². The van der Waals surface area contributed by atoms with Gasteiger partial charge in [-0.15, -0.1) is 0 Å². The Morgan fingerprint density at radius 1 is 0.931 bits per heavy atom. The summed E-state index contributed by atoms with van der Waals surface area (Å²) in [6.45, 7) is 2.18. The molecule has 3 nitrogen and oxygen atoms in total. The van der Waals surface area contributed by atoms with E-state index in [1.807, 2.05) is 55.5 Å². The molecule has 2 aromatic heterocycles. The molecular formula is C25H18BrNO2. The van der Waals surface area contributed by atoms with E-state index < -0.39 is 0 Å². The number of nitrogens with zero attached hydrogens (tertiary/aromatic N) is 1. The van der Waals surface area contributed by atoms with Gasteiger partial charge in [0.1, 0.15) is 0 Å². The first-order valence-electron chi connectivity index (χ1n) is 9.56. The number of para-hydroxylation sites is 1. The Kier molecular flexibility index (Phi) is 4.36. The van der Waals surface area contributed by atoms with E-state index in [-0.39, 0.29) is 5.97 Å². The van der Waals surface area contributed by atoms with Gasteiger partial charge in [-0.05, 0) is 36.1 Å². The van der Waals surface area contributed by atoms with Gasteiger partial charge >= 0.3 is 5.97 Å². The third-order valence-corrected chi connectivity index (χ3v) is 5.75. The summed E-state index contributed by atoms with van der Waals surface area (Å²) in [4.78, 5) is 13.0. The van der Waals surface area contributed by atoms with Crippen LogP contribution in [-0.4, -0.2) is 17.0 Å². The number of benzene rings is 3. The zero-order valence-corrected chi connectivity index (χ0v) is 17.4. The van der Waals surface area contributed by atoms with Crippen molar-refractivity contribution in [2.24, 2.45) is 0 Å². The van der Waals surface area contributed by atoms with E-state index in [1.54, 1.807) is 0 Å². The average molecular weight is 444 g/mol. The van der Waals surface area contributed by atoms with Crippen LogP contribution in [0.2, 0.25) is 0 Å². The van der Waals surface area contributed by atoms with Crippen molar-refractivity contribution >= 4 is 49.1 Å². The molecule has 142 valence electrons. The number of rotatable bonds is 3. The van der Waals surface area contributed by atoms with E-state index in [1.165, 1.54) is 0 Å². The lowest BCUT2D eigenvalue weighted by Gasteiger charge is -2.12. The molecule has 3 aromatic carbocycles. The molecule has 4 heteroatoms. The van der Waals surface area contributed by atoms with Crippen LogP contribution in [0, 0.1) is 0 Å². The summed E-state index contributed by atoms with van der Waals surface area (Å²) in [6, 6.07) is 24.5. The second-order valence-electron chi connectivity index (χ2n) is 6.93. The molecule has 29 heavy (non-hydrogen) atoms. The van der Waals surface area contributed by atoms with Crippen LogP contribution in [0.4, 0.5) is 0 Å². The Labute approximate surface area is 176 Å². The van der Waals surface area contributed by atoms with Crippen molar-refractivity contribution in [1.29, 1.82) is 0 Å². The second kappa shape index (κ2) is 7.05. The van der Waals surface area contributed by atoms with Gasteiger partial charge in [-0.25, -0.2) is 4.79 Å². The molecule has 0 radical (unpaired) electrons. The maximum absolute atomic E-state index is 13.0. The highest BCUT2D eigenvalue weighted by molar-refractivity contribution is 9.10. The summed E-state index contributed by atoms with van der Waals surface area (Å²) in [5, 5.41) is 3.01.